The van der Waals surface area contributed by atoms with E-state index in [9.17, 15) is 14.7 Å². The molecule has 0 saturated heterocycles. The minimum atomic E-state index is -1.71. The van der Waals surface area contributed by atoms with Gasteiger partial charge >= 0.3 is 5.97 Å². The Hall–Kier alpha value is -7.35. The summed E-state index contributed by atoms with van der Waals surface area (Å²) in [6, 6.07) is 58.1. The summed E-state index contributed by atoms with van der Waals surface area (Å²) in [6.45, 7) is 1.75. The number of rotatable bonds is 18. The molecular formula is C52H44N4O7S. The monoisotopic (exact) mass is 868 g/mol. The number of aliphatic imine (C=N–C) groups is 1. The van der Waals surface area contributed by atoms with Crippen molar-refractivity contribution in [2.75, 3.05) is 12.4 Å². The molecule has 0 fully saturated rings. The maximum atomic E-state index is 13.5. The van der Waals surface area contributed by atoms with Crippen molar-refractivity contribution in [3.63, 3.8) is 0 Å². The van der Waals surface area contributed by atoms with Gasteiger partial charge in [0.05, 0.1) is 12.3 Å². The van der Waals surface area contributed by atoms with Gasteiger partial charge in [-0.05, 0) is 29.2 Å². The Labute approximate surface area is 375 Å². The molecule has 2 N–H and O–H groups in total. The number of ketones is 1. The largest absolute Gasteiger partial charge is 0.476 e. The number of hydrogen-bond donors (Lipinski definition) is 2. The topological polar surface area (TPSA) is 141 Å². The summed E-state index contributed by atoms with van der Waals surface area (Å²) in [5.41, 5.74) is 3.78. The highest BCUT2D eigenvalue weighted by atomic mass is 32.1. The van der Waals surface area contributed by atoms with E-state index in [0.29, 0.717) is 22.0 Å². The number of thiazole rings is 1. The van der Waals surface area contributed by atoms with Crippen LogP contribution >= 0.6 is 11.3 Å². The van der Waals surface area contributed by atoms with E-state index in [1.165, 1.54) is 24.5 Å². The zero-order chi connectivity index (χ0) is 44.4. The lowest BCUT2D eigenvalue weighted by atomic mass is 9.77. The van der Waals surface area contributed by atoms with Crippen LogP contribution in [-0.2, 0) is 46.6 Å². The van der Waals surface area contributed by atoms with Crippen LogP contribution in [0.1, 0.15) is 46.0 Å². The van der Waals surface area contributed by atoms with Crippen molar-refractivity contribution in [3.05, 3.63) is 238 Å². The highest BCUT2D eigenvalue weighted by Crippen LogP contribution is 2.42. The Morgan fingerprint density at radius 3 is 1.66 bits per heavy atom. The molecule has 64 heavy (non-hydrogen) atoms. The fourth-order valence-electron chi connectivity index (χ4n) is 7.67. The average molecular weight is 869 g/mol. The minimum absolute atomic E-state index is 0.0165. The molecule has 0 amide bonds. The molecule has 320 valence electrons. The van der Waals surface area contributed by atoms with Crippen molar-refractivity contribution in [2.24, 2.45) is 10.1 Å². The number of nitrogens with zero attached hydrogens (tertiary/aromatic N) is 3. The highest BCUT2D eigenvalue weighted by molar-refractivity contribution is 7.14. The van der Waals surface area contributed by atoms with Crippen LogP contribution < -0.4 is 5.32 Å². The van der Waals surface area contributed by atoms with Crippen molar-refractivity contribution < 1.29 is 33.7 Å². The van der Waals surface area contributed by atoms with Crippen molar-refractivity contribution in [2.45, 2.75) is 37.3 Å². The van der Waals surface area contributed by atoms with Crippen LogP contribution in [0.25, 0.3) is 0 Å². The number of carboxylic acid groups (broad SMARTS) is 1. The molecule has 2 unspecified atom stereocenters. The normalized spacial score (nSPS) is 14.9. The predicted molar refractivity (Wildman–Crippen MR) is 247 cm³/mol. The first-order valence-corrected chi connectivity index (χ1v) is 21.4. The number of benzene rings is 6. The maximum absolute atomic E-state index is 13.5. The molecule has 1 aromatic heterocycles. The Balaban J connectivity index is 1.21. The second kappa shape index (κ2) is 19.8. The van der Waals surface area contributed by atoms with Gasteiger partial charge in [0.1, 0.15) is 16.9 Å². The lowest BCUT2D eigenvalue weighted by Gasteiger charge is -2.37. The molecule has 0 aliphatic carbocycles. The molecule has 0 radical (unpaired) electrons. The summed E-state index contributed by atoms with van der Waals surface area (Å²) < 4.78 is 19.2. The summed E-state index contributed by atoms with van der Waals surface area (Å²) in [6.07, 6.45) is -1.29. The van der Waals surface area contributed by atoms with Gasteiger partial charge in [-0.15, -0.1) is 11.3 Å². The van der Waals surface area contributed by atoms with Gasteiger partial charge in [-0.2, -0.15) is 0 Å². The zero-order valence-corrected chi connectivity index (χ0v) is 35.8. The first-order valence-electron chi connectivity index (χ1n) is 20.5. The van der Waals surface area contributed by atoms with Gasteiger partial charge in [-0.1, -0.05) is 187 Å². The number of carbonyl (C=O) groups is 2. The third-order valence-electron chi connectivity index (χ3n) is 10.7. The van der Waals surface area contributed by atoms with E-state index in [-0.39, 0.29) is 18.0 Å². The number of oxime groups is 1. The molecule has 1 aliphatic rings. The molecule has 6 aromatic carbocycles. The average Bonchev–Trinajstić information content (AvgIpc) is 3.80. The van der Waals surface area contributed by atoms with E-state index in [0.717, 1.165) is 22.3 Å². The van der Waals surface area contributed by atoms with E-state index >= 15 is 0 Å². The van der Waals surface area contributed by atoms with Crippen LogP contribution in [0.5, 0.6) is 0 Å². The van der Waals surface area contributed by atoms with E-state index in [1.807, 2.05) is 182 Å². The third kappa shape index (κ3) is 9.22. The van der Waals surface area contributed by atoms with Gasteiger partial charge in [-0.25, -0.2) is 9.78 Å². The van der Waals surface area contributed by atoms with Crippen LogP contribution in [0.2, 0.25) is 0 Å². The summed E-state index contributed by atoms with van der Waals surface area (Å²) in [7, 11) is 1.42. The molecule has 7 aromatic rings. The second-order valence-corrected chi connectivity index (χ2v) is 15.6. The smallest absolute Gasteiger partial charge is 0.360 e. The lowest BCUT2D eigenvalue weighted by molar-refractivity contribution is -0.292. The number of hydrogen-bond acceptors (Lipinski definition) is 11. The molecule has 0 saturated carbocycles. The van der Waals surface area contributed by atoms with Gasteiger partial charge in [0.15, 0.2) is 17.0 Å². The number of aromatic nitrogens is 1. The molecule has 11 nitrogen and oxygen atoms in total. The molecule has 2 atom stereocenters. The first kappa shape index (κ1) is 43.3. The van der Waals surface area contributed by atoms with Crippen LogP contribution in [0, 0.1) is 0 Å². The Kier molecular flexibility index (Phi) is 13.4. The Morgan fingerprint density at radius 2 is 1.20 bits per heavy atom. The Bertz CT molecular complexity index is 2610. The standard InChI is InChI=1S/C52H44N4O7S/c1-36-47(60-2)45(57)33-43(53-36)49(62-52(41-29-17-7-18-30-41,42-31-19-8-20-32-42)61-34-37-21-9-3-10-22-37)63-56-46(48(58)59)44-35-64-50(54-44)55-51(38-23-11-4-12-24-38,39-25-13-5-14-26-39)40-27-15-6-16-28-40/h3-33,35,47,49H,34H2,1-2H3,(H,54,55)(H,58,59)/b56-46-. The minimum Gasteiger partial charge on any atom is -0.476 e. The van der Waals surface area contributed by atoms with Crippen molar-refractivity contribution in [1.82, 2.24) is 4.98 Å². The van der Waals surface area contributed by atoms with E-state index in [2.05, 4.69) is 15.5 Å². The van der Waals surface area contributed by atoms with Crippen molar-refractivity contribution in [1.29, 1.82) is 0 Å². The number of methoxy groups -OCH3 is 1. The number of carbonyl (C=O) groups excluding carboxylic acids is 1. The fraction of sp³-hybridized carbons (Fsp3) is 0.135. The molecule has 1 aliphatic heterocycles. The summed E-state index contributed by atoms with van der Waals surface area (Å²) >= 11 is 1.22. The molecule has 0 bridgehead atoms. The van der Waals surface area contributed by atoms with Gasteiger partial charge in [0, 0.05) is 29.7 Å². The summed E-state index contributed by atoms with van der Waals surface area (Å²) in [5, 5.41) is 20.7. The van der Waals surface area contributed by atoms with E-state index in [4.69, 9.17) is 24.0 Å². The number of ether oxygens (including phenoxy) is 3. The van der Waals surface area contributed by atoms with Crippen molar-refractivity contribution >= 4 is 39.6 Å². The summed E-state index contributed by atoms with van der Waals surface area (Å²) in [4.78, 5) is 42.3. The van der Waals surface area contributed by atoms with E-state index < -0.39 is 41.2 Å². The number of carboxylic acids is 1. The third-order valence-corrected chi connectivity index (χ3v) is 11.4. The highest BCUT2D eigenvalue weighted by Gasteiger charge is 2.43. The first-order chi connectivity index (χ1) is 31.3. The van der Waals surface area contributed by atoms with Crippen LogP contribution in [-0.4, -0.2) is 52.8 Å². The zero-order valence-electron chi connectivity index (χ0n) is 35.0. The molecule has 2 heterocycles. The van der Waals surface area contributed by atoms with E-state index in [1.54, 1.807) is 12.3 Å². The molecule has 12 heteroatoms. The van der Waals surface area contributed by atoms with Gasteiger partial charge in [0.25, 0.3) is 6.29 Å². The Morgan fingerprint density at radius 1 is 0.734 bits per heavy atom. The second-order valence-electron chi connectivity index (χ2n) is 14.8. The van der Waals surface area contributed by atoms with Crippen LogP contribution in [0.3, 0.4) is 0 Å². The van der Waals surface area contributed by atoms with Crippen LogP contribution in [0.15, 0.2) is 209 Å². The molecule has 0 spiro atoms. The quantitative estimate of drug-likeness (QED) is 0.0373. The van der Waals surface area contributed by atoms with Gasteiger partial charge in [0.2, 0.25) is 11.5 Å². The molecular weight excluding hydrogens is 825 g/mol. The van der Waals surface area contributed by atoms with Crippen molar-refractivity contribution in [3.8, 4) is 0 Å². The predicted octanol–water partition coefficient (Wildman–Crippen LogP) is 9.76. The fourth-order valence-corrected chi connectivity index (χ4v) is 8.42. The molecule has 8 rings (SSSR count). The number of nitrogens with one attached hydrogen (secondary N) is 1. The maximum Gasteiger partial charge on any atom is 0.360 e. The number of anilines is 1. The SMILES string of the molecule is COC1C(=O)C=C(C(O/N=C(\C(=O)O)c2csc(NC(c3ccccc3)(c3ccccc3)c3ccccc3)n2)OC(OCc2ccccc2)(c2ccccc2)c2ccccc2)N=C1C. The van der Waals surface area contributed by atoms with Crippen LogP contribution in [0.4, 0.5) is 5.13 Å². The van der Waals surface area contributed by atoms with Gasteiger partial charge in [-0.3, -0.25) is 14.5 Å². The number of aliphatic carboxylic acids is 1. The summed E-state index contributed by atoms with van der Waals surface area (Å²) in [5.74, 6) is -3.53. The van der Waals surface area contributed by atoms with Gasteiger partial charge < -0.3 is 24.7 Å². The lowest BCUT2D eigenvalue weighted by Crippen LogP contribution is -2.41.